The van der Waals surface area contributed by atoms with Crippen LogP contribution in [0.25, 0.3) is 11.4 Å². The molecule has 20 heavy (non-hydrogen) atoms. The summed E-state index contributed by atoms with van der Waals surface area (Å²) in [5, 5.41) is 0. The van der Waals surface area contributed by atoms with E-state index in [9.17, 15) is 0 Å². The Morgan fingerprint density at radius 3 is 2.35 bits per heavy atom. The molecule has 0 aliphatic rings. The van der Waals surface area contributed by atoms with E-state index in [0.29, 0.717) is 17.6 Å². The lowest BCUT2D eigenvalue weighted by molar-refractivity contribution is 0.412. The second-order valence-corrected chi connectivity index (χ2v) is 5.27. The van der Waals surface area contributed by atoms with Crippen LogP contribution in [0.4, 0.5) is 5.82 Å². The van der Waals surface area contributed by atoms with E-state index in [0.717, 1.165) is 28.1 Å². The number of nitrogens with two attached hydrogens (primary N) is 1. The molecule has 0 atom stereocenters. The normalized spacial score (nSPS) is 10.9. The third-order valence-corrected chi connectivity index (χ3v) is 3.40. The lowest BCUT2D eigenvalue weighted by Crippen LogP contribution is -2.06. The van der Waals surface area contributed by atoms with Crippen LogP contribution in [0.1, 0.15) is 36.6 Å². The second-order valence-electron chi connectivity index (χ2n) is 5.27. The fourth-order valence-electron chi connectivity index (χ4n) is 2.46. The van der Waals surface area contributed by atoms with E-state index >= 15 is 0 Å². The maximum absolute atomic E-state index is 6.08. The van der Waals surface area contributed by atoms with Crippen molar-refractivity contribution in [1.29, 1.82) is 0 Å². The predicted molar refractivity (Wildman–Crippen MR) is 82.0 cm³/mol. The minimum atomic E-state index is 0.321. The molecule has 0 unspecified atom stereocenters. The summed E-state index contributed by atoms with van der Waals surface area (Å²) in [6, 6.07) is 5.90. The van der Waals surface area contributed by atoms with E-state index < -0.39 is 0 Å². The van der Waals surface area contributed by atoms with Crippen molar-refractivity contribution in [3.63, 3.8) is 0 Å². The Morgan fingerprint density at radius 2 is 1.85 bits per heavy atom. The summed E-state index contributed by atoms with van der Waals surface area (Å²) in [5.41, 5.74) is 10.1. The number of hydrogen-bond donors (Lipinski definition) is 1. The maximum Gasteiger partial charge on any atom is 0.161 e. The summed E-state index contributed by atoms with van der Waals surface area (Å²) in [5.74, 6) is 2.41. The number of anilines is 1. The molecule has 0 radical (unpaired) electrons. The van der Waals surface area contributed by atoms with Crippen LogP contribution in [0.3, 0.4) is 0 Å². The van der Waals surface area contributed by atoms with Crippen LogP contribution in [-0.2, 0) is 0 Å². The number of rotatable bonds is 3. The molecule has 0 amide bonds. The molecular formula is C16H21N3O. The zero-order valence-electron chi connectivity index (χ0n) is 12.7. The first kappa shape index (κ1) is 14.3. The largest absolute Gasteiger partial charge is 0.496 e. The molecule has 4 heteroatoms. The number of nitrogen functional groups attached to an aromatic ring is 1. The van der Waals surface area contributed by atoms with Gasteiger partial charge in [-0.3, -0.25) is 0 Å². The number of aryl methyl sites for hydroxylation is 2. The number of ether oxygens (including phenoxy) is 1. The quantitative estimate of drug-likeness (QED) is 0.928. The van der Waals surface area contributed by atoms with Gasteiger partial charge in [-0.2, -0.15) is 0 Å². The van der Waals surface area contributed by atoms with E-state index in [4.69, 9.17) is 10.5 Å². The Labute approximate surface area is 120 Å². The van der Waals surface area contributed by atoms with Crippen molar-refractivity contribution in [3.8, 4) is 17.1 Å². The first-order valence-corrected chi connectivity index (χ1v) is 6.73. The lowest BCUT2D eigenvalue weighted by atomic mass is 10.0. The fraction of sp³-hybridized carbons (Fsp3) is 0.375. The van der Waals surface area contributed by atoms with E-state index in [1.54, 1.807) is 7.11 Å². The standard InChI is InChI=1S/C16H21N3O/c1-9(2)14-11(4)18-16(19-15(14)17)12-6-7-13(20-5)10(3)8-12/h6-9H,1-5H3,(H2,17,18,19). The molecule has 0 aliphatic heterocycles. The minimum absolute atomic E-state index is 0.321. The van der Waals surface area contributed by atoms with Crippen LogP contribution >= 0.6 is 0 Å². The molecule has 1 heterocycles. The van der Waals surface area contributed by atoms with E-state index in [1.807, 2.05) is 32.0 Å². The summed E-state index contributed by atoms with van der Waals surface area (Å²) < 4.78 is 5.27. The monoisotopic (exact) mass is 271 g/mol. The van der Waals surface area contributed by atoms with Crippen molar-refractivity contribution < 1.29 is 4.74 Å². The summed E-state index contributed by atoms with van der Waals surface area (Å²) in [4.78, 5) is 9.04. The highest BCUT2D eigenvalue weighted by molar-refractivity contribution is 5.61. The number of nitrogens with zero attached hydrogens (tertiary/aromatic N) is 2. The highest BCUT2D eigenvalue weighted by Crippen LogP contribution is 2.28. The molecular weight excluding hydrogens is 250 g/mol. The average molecular weight is 271 g/mol. The molecule has 0 saturated carbocycles. The zero-order valence-corrected chi connectivity index (χ0v) is 12.7. The minimum Gasteiger partial charge on any atom is -0.496 e. The molecule has 2 N–H and O–H groups in total. The molecule has 1 aromatic carbocycles. The van der Waals surface area contributed by atoms with Crippen molar-refractivity contribution in [3.05, 3.63) is 35.0 Å². The summed E-state index contributed by atoms with van der Waals surface area (Å²) >= 11 is 0. The Kier molecular flexibility index (Phi) is 3.93. The number of aromatic nitrogens is 2. The Bertz CT molecular complexity index is 613. The molecule has 2 rings (SSSR count). The highest BCUT2D eigenvalue weighted by Gasteiger charge is 2.14. The Balaban J connectivity index is 2.51. The Morgan fingerprint density at radius 1 is 1.15 bits per heavy atom. The third-order valence-electron chi connectivity index (χ3n) is 3.40. The average Bonchev–Trinajstić information content (AvgIpc) is 2.37. The van der Waals surface area contributed by atoms with Crippen molar-refractivity contribution in [1.82, 2.24) is 9.97 Å². The molecule has 0 aliphatic carbocycles. The summed E-state index contributed by atoms with van der Waals surface area (Å²) in [6.07, 6.45) is 0. The van der Waals surface area contributed by atoms with Gasteiger partial charge in [0.05, 0.1) is 7.11 Å². The van der Waals surface area contributed by atoms with Gasteiger partial charge in [0.2, 0.25) is 0 Å². The maximum atomic E-state index is 6.08. The molecule has 0 bridgehead atoms. The second kappa shape index (κ2) is 5.49. The van der Waals surface area contributed by atoms with Crippen molar-refractivity contribution in [2.24, 2.45) is 0 Å². The van der Waals surface area contributed by atoms with Gasteiger partial charge in [-0.05, 0) is 43.5 Å². The zero-order chi connectivity index (χ0) is 14.9. The van der Waals surface area contributed by atoms with Crippen molar-refractivity contribution in [2.45, 2.75) is 33.6 Å². The molecule has 0 fully saturated rings. The molecule has 2 aromatic rings. The molecule has 4 nitrogen and oxygen atoms in total. The number of benzene rings is 1. The molecule has 106 valence electrons. The van der Waals surface area contributed by atoms with Gasteiger partial charge in [-0.1, -0.05) is 13.8 Å². The van der Waals surface area contributed by atoms with Gasteiger partial charge < -0.3 is 10.5 Å². The van der Waals surface area contributed by atoms with Gasteiger partial charge in [-0.15, -0.1) is 0 Å². The van der Waals surface area contributed by atoms with Gasteiger partial charge in [0.25, 0.3) is 0 Å². The van der Waals surface area contributed by atoms with Crippen molar-refractivity contribution in [2.75, 3.05) is 12.8 Å². The van der Waals surface area contributed by atoms with E-state index in [1.165, 1.54) is 0 Å². The van der Waals surface area contributed by atoms with Crippen LogP contribution in [0, 0.1) is 13.8 Å². The predicted octanol–water partition coefficient (Wildman–Crippen LogP) is 3.47. The van der Waals surface area contributed by atoms with Gasteiger partial charge >= 0.3 is 0 Å². The van der Waals surface area contributed by atoms with Gasteiger partial charge in [-0.25, -0.2) is 9.97 Å². The fourth-order valence-corrected chi connectivity index (χ4v) is 2.46. The first-order valence-electron chi connectivity index (χ1n) is 6.73. The van der Waals surface area contributed by atoms with E-state index in [2.05, 4.69) is 23.8 Å². The van der Waals surface area contributed by atoms with Crippen LogP contribution in [-0.4, -0.2) is 17.1 Å². The lowest BCUT2D eigenvalue weighted by Gasteiger charge is -2.14. The highest BCUT2D eigenvalue weighted by atomic mass is 16.5. The molecule has 0 spiro atoms. The smallest absolute Gasteiger partial charge is 0.161 e. The Hall–Kier alpha value is -2.10. The van der Waals surface area contributed by atoms with Gasteiger partial charge in [0, 0.05) is 16.8 Å². The topological polar surface area (TPSA) is 61.0 Å². The van der Waals surface area contributed by atoms with Crippen molar-refractivity contribution >= 4 is 5.82 Å². The molecule has 0 saturated heterocycles. The summed E-state index contributed by atoms with van der Waals surface area (Å²) in [7, 11) is 1.66. The van der Waals surface area contributed by atoms with Crippen LogP contribution in [0.2, 0.25) is 0 Å². The van der Waals surface area contributed by atoms with E-state index in [-0.39, 0.29) is 0 Å². The van der Waals surface area contributed by atoms with Crippen LogP contribution in [0.15, 0.2) is 18.2 Å². The SMILES string of the molecule is COc1ccc(-c2nc(C)c(C(C)C)c(N)n2)cc1C. The van der Waals surface area contributed by atoms with Crippen LogP contribution < -0.4 is 10.5 Å². The first-order chi connectivity index (χ1) is 9.43. The third kappa shape index (κ3) is 2.59. The van der Waals surface area contributed by atoms with Crippen LogP contribution in [0.5, 0.6) is 5.75 Å². The number of hydrogen-bond acceptors (Lipinski definition) is 4. The number of methoxy groups -OCH3 is 1. The van der Waals surface area contributed by atoms with Gasteiger partial charge in [0.1, 0.15) is 11.6 Å². The van der Waals surface area contributed by atoms with Gasteiger partial charge in [0.15, 0.2) is 5.82 Å². The summed E-state index contributed by atoms with van der Waals surface area (Å²) in [6.45, 7) is 8.17. The molecule has 1 aromatic heterocycles.